The van der Waals surface area contributed by atoms with Crippen LogP contribution in [0.4, 0.5) is 5.69 Å². The summed E-state index contributed by atoms with van der Waals surface area (Å²) in [5.74, 6) is -1.68. The van der Waals surface area contributed by atoms with Gasteiger partial charge in [-0.2, -0.15) is 4.37 Å². The summed E-state index contributed by atoms with van der Waals surface area (Å²) in [6.07, 6.45) is 0. The number of rotatable bonds is 3. The lowest BCUT2D eigenvalue weighted by molar-refractivity contribution is 0.0698. The number of hydrogen-bond acceptors (Lipinski definition) is 4. The van der Waals surface area contributed by atoms with E-state index >= 15 is 0 Å². The van der Waals surface area contributed by atoms with Gasteiger partial charge in [-0.3, -0.25) is 4.79 Å². The highest BCUT2D eigenvalue weighted by molar-refractivity contribution is 14.1. The molecule has 1 aromatic heterocycles. The maximum absolute atomic E-state index is 12.0. The molecule has 0 unspecified atom stereocenters. The van der Waals surface area contributed by atoms with Crippen molar-refractivity contribution in [1.82, 2.24) is 4.37 Å². The Hall–Kier alpha value is -0.900. The standard InChI is InChI=1S/C11H5Cl2IN2O3S/c12-7-8(20-16-9(7)13)10(17)15-6-2-1-4(14)3-5(6)11(18)19/h1-3H,(H,15,17)(H,18,19). The van der Waals surface area contributed by atoms with E-state index in [1.165, 1.54) is 12.1 Å². The van der Waals surface area contributed by atoms with Gasteiger partial charge in [-0.25, -0.2) is 4.79 Å². The number of amides is 1. The van der Waals surface area contributed by atoms with Crippen LogP contribution in [0.3, 0.4) is 0 Å². The Morgan fingerprint density at radius 3 is 2.60 bits per heavy atom. The average molecular weight is 443 g/mol. The summed E-state index contributed by atoms with van der Waals surface area (Å²) in [7, 11) is 0. The van der Waals surface area contributed by atoms with Crippen LogP contribution >= 0.6 is 57.3 Å². The predicted octanol–water partition coefficient (Wildman–Crippen LogP) is 4.01. The summed E-state index contributed by atoms with van der Waals surface area (Å²) in [6, 6.07) is 4.66. The van der Waals surface area contributed by atoms with E-state index in [1.54, 1.807) is 6.07 Å². The van der Waals surface area contributed by atoms with Crippen molar-refractivity contribution in [2.75, 3.05) is 5.32 Å². The monoisotopic (exact) mass is 442 g/mol. The lowest BCUT2D eigenvalue weighted by atomic mass is 10.2. The molecule has 0 radical (unpaired) electrons. The summed E-state index contributed by atoms with van der Waals surface area (Å²) in [4.78, 5) is 23.3. The van der Waals surface area contributed by atoms with E-state index in [4.69, 9.17) is 28.3 Å². The van der Waals surface area contributed by atoms with E-state index in [9.17, 15) is 9.59 Å². The van der Waals surface area contributed by atoms with Crippen LogP contribution in [0.1, 0.15) is 20.0 Å². The van der Waals surface area contributed by atoms with Crippen molar-refractivity contribution in [2.45, 2.75) is 0 Å². The molecule has 0 fully saturated rings. The zero-order valence-corrected chi connectivity index (χ0v) is 14.0. The van der Waals surface area contributed by atoms with Crippen molar-refractivity contribution in [1.29, 1.82) is 0 Å². The molecular weight excluding hydrogens is 438 g/mol. The number of halogens is 3. The van der Waals surface area contributed by atoms with Crippen LogP contribution in [0.5, 0.6) is 0 Å². The van der Waals surface area contributed by atoms with Crippen molar-refractivity contribution in [3.8, 4) is 0 Å². The van der Waals surface area contributed by atoms with Crippen LogP contribution < -0.4 is 5.32 Å². The minimum Gasteiger partial charge on any atom is -0.478 e. The van der Waals surface area contributed by atoms with Crippen LogP contribution in [0.25, 0.3) is 0 Å². The van der Waals surface area contributed by atoms with Gasteiger partial charge < -0.3 is 10.4 Å². The number of nitrogens with zero attached hydrogens (tertiary/aromatic N) is 1. The largest absolute Gasteiger partial charge is 0.478 e. The molecule has 1 heterocycles. The molecule has 0 spiro atoms. The molecule has 1 aromatic carbocycles. The number of nitrogens with one attached hydrogen (secondary N) is 1. The Morgan fingerprint density at radius 1 is 1.35 bits per heavy atom. The molecule has 2 rings (SSSR count). The Kier molecular flexibility index (Phi) is 4.84. The molecule has 0 aliphatic carbocycles. The Morgan fingerprint density at radius 2 is 2.05 bits per heavy atom. The maximum Gasteiger partial charge on any atom is 0.337 e. The van der Waals surface area contributed by atoms with E-state index in [1.807, 2.05) is 22.6 Å². The second kappa shape index (κ2) is 6.25. The minimum absolute atomic E-state index is 0.00279. The molecule has 0 saturated carbocycles. The molecule has 1 amide bonds. The number of aromatic carboxylic acids is 1. The van der Waals surface area contributed by atoms with Gasteiger partial charge in [0.15, 0.2) is 5.15 Å². The number of anilines is 1. The molecule has 0 aliphatic heterocycles. The van der Waals surface area contributed by atoms with Crippen LogP contribution in [0.2, 0.25) is 10.2 Å². The predicted molar refractivity (Wildman–Crippen MR) is 86.2 cm³/mol. The third-order valence-corrected chi connectivity index (χ3v) is 4.73. The van der Waals surface area contributed by atoms with Crippen LogP contribution in [0, 0.1) is 3.57 Å². The first-order valence-electron chi connectivity index (χ1n) is 5.05. The highest BCUT2D eigenvalue weighted by Gasteiger charge is 2.19. The lowest BCUT2D eigenvalue weighted by Gasteiger charge is -2.08. The van der Waals surface area contributed by atoms with Gasteiger partial charge >= 0.3 is 5.97 Å². The molecule has 104 valence electrons. The fraction of sp³-hybridized carbons (Fsp3) is 0. The third kappa shape index (κ3) is 3.22. The Bertz CT molecular complexity index is 705. The van der Waals surface area contributed by atoms with Gasteiger partial charge in [0.2, 0.25) is 0 Å². The fourth-order valence-corrected chi connectivity index (χ4v) is 2.98. The molecule has 9 heteroatoms. The molecule has 0 atom stereocenters. The van der Waals surface area contributed by atoms with Crippen molar-refractivity contribution < 1.29 is 14.7 Å². The first kappa shape index (κ1) is 15.5. The van der Waals surface area contributed by atoms with E-state index < -0.39 is 11.9 Å². The number of carboxylic acids is 1. The highest BCUT2D eigenvalue weighted by atomic mass is 127. The van der Waals surface area contributed by atoms with Gasteiger partial charge in [0, 0.05) is 3.57 Å². The lowest BCUT2D eigenvalue weighted by Crippen LogP contribution is -2.14. The second-order valence-electron chi connectivity index (χ2n) is 3.57. The third-order valence-electron chi connectivity index (χ3n) is 2.26. The van der Waals surface area contributed by atoms with Gasteiger partial charge in [0.25, 0.3) is 5.91 Å². The smallest absolute Gasteiger partial charge is 0.337 e. The molecular formula is C11H5Cl2IN2O3S. The van der Waals surface area contributed by atoms with Gasteiger partial charge in [-0.15, -0.1) is 0 Å². The summed E-state index contributed by atoms with van der Waals surface area (Å²) >= 11 is 14.3. The highest BCUT2D eigenvalue weighted by Crippen LogP contribution is 2.29. The van der Waals surface area contributed by atoms with E-state index in [2.05, 4.69) is 9.69 Å². The van der Waals surface area contributed by atoms with Crippen LogP contribution in [-0.2, 0) is 0 Å². The number of carbonyl (C=O) groups is 2. The van der Waals surface area contributed by atoms with E-state index in [0.717, 1.165) is 15.1 Å². The van der Waals surface area contributed by atoms with Crippen molar-refractivity contribution >= 4 is 74.9 Å². The number of aromatic nitrogens is 1. The molecule has 0 saturated heterocycles. The van der Waals surface area contributed by atoms with Crippen molar-refractivity contribution in [3.05, 3.63) is 42.4 Å². The van der Waals surface area contributed by atoms with E-state index in [-0.39, 0.29) is 26.3 Å². The second-order valence-corrected chi connectivity index (χ2v) is 6.32. The van der Waals surface area contributed by atoms with Crippen LogP contribution in [0.15, 0.2) is 18.2 Å². The van der Waals surface area contributed by atoms with Crippen molar-refractivity contribution in [2.24, 2.45) is 0 Å². The Labute approximate surface area is 141 Å². The first-order valence-corrected chi connectivity index (χ1v) is 7.66. The number of carbonyl (C=O) groups excluding carboxylic acids is 1. The number of benzene rings is 1. The zero-order valence-electron chi connectivity index (χ0n) is 9.49. The van der Waals surface area contributed by atoms with Gasteiger partial charge in [-0.1, -0.05) is 23.2 Å². The van der Waals surface area contributed by atoms with Gasteiger partial charge in [-0.05, 0) is 52.3 Å². The van der Waals surface area contributed by atoms with Gasteiger partial charge in [0.1, 0.15) is 9.90 Å². The first-order chi connectivity index (χ1) is 9.40. The summed E-state index contributed by atoms with van der Waals surface area (Å²) in [5.41, 5.74) is 0.181. The summed E-state index contributed by atoms with van der Waals surface area (Å²) in [6.45, 7) is 0. The number of carboxylic acid groups (broad SMARTS) is 1. The van der Waals surface area contributed by atoms with Crippen LogP contribution in [-0.4, -0.2) is 21.4 Å². The fourth-order valence-electron chi connectivity index (χ4n) is 1.38. The zero-order chi connectivity index (χ0) is 14.9. The topological polar surface area (TPSA) is 79.3 Å². The van der Waals surface area contributed by atoms with E-state index in [0.29, 0.717) is 0 Å². The quantitative estimate of drug-likeness (QED) is 0.704. The molecule has 5 nitrogen and oxygen atoms in total. The molecule has 0 aliphatic rings. The summed E-state index contributed by atoms with van der Waals surface area (Å²) in [5, 5.41) is 11.7. The van der Waals surface area contributed by atoms with Gasteiger partial charge in [0.05, 0.1) is 11.3 Å². The molecule has 20 heavy (non-hydrogen) atoms. The minimum atomic E-state index is -1.13. The Balaban J connectivity index is 2.33. The molecule has 0 bridgehead atoms. The normalized spacial score (nSPS) is 10.3. The molecule has 2 N–H and O–H groups in total. The summed E-state index contributed by atoms with van der Waals surface area (Å²) < 4.78 is 4.49. The average Bonchev–Trinajstić information content (AvgIpc) is 2.72. The molecule has 2 aromatic rings. The van der Waals surface area contributed by atoms with Crippen molar-refractivity contribution in [3.63, 3.8) is 0 Å². The SMILES string of the molecule is O=C(O)c1cc(I)ccc1NC(=O)c1snc(Cl)c1Cl. The number of hydrogen-bond donors (Lipinski definition) is 2. The maximum atomic E-state index is 12.0.